The molecule has 0 aromatic rings. The van der Waals surface area contributed by atoms with Gasteiger partial charge in [-0.3, -0.25) is 9.36 Å². The summed E-state index contributed by atoms with van der Waals surface area (Å²) in [5.41, 5.74) is 0. The van der Waals surface area contributed by atoms with E-state index in [1.807, 2.05) is 27.2 Å². The predicted molar refractivity (Wildman–Crippen MR) is 362 cm³/mol. The van der Waals surface area contributed by atoms with Crippen LogP contribution in [0.2, 0.25) is 0 Å². The van der Waals surface area contributed by atoms with Gasteiger partial charge in [0.1, 0.15) is 13.2 Å². The minimum atomic E-state index is -4.61. The first-order valence-corrected chi connectivity index (χ1v) is 37.6. The SMILES string of the molecule is CC/C=C\C/C=C\C/C=C\C/C=C\CCCCCCCCCCCCCCCCCCCCCCC(=O)NC(COP(=O)([O-])OCC[N+](C)(C)C)C(O)/C=C/CCCCCCCCCCCCCCCCCCCCCCCCCCCC. The Kier molecular flexibility index (Phi) is 63.3. The summed E-state index contributed by atoms with van der Waals surface area (Å²) in [7, 11) is 1.28. The number of aliphatic hydroxyl groups excluding tert-OH is 1. The molecule has 0 spiro atoms. The van der Waals surface area contributed by atoms with Crippen molar-refractivity contribution >= 4 is 13.7 Å². The smallest absolute Gasteiger partial charge is 0.268 e. The van der Waals surface area contributed by atoms with Crippen LogP contribution in [-0.4, -0.2) is 68.5 Å². The first-order valence-electron chi connectivity index (χ1n) is 36.2. The van der Waals surface area contributed by atoms with E-state index in [9.17, 15) is 19.4 Å². The lowest BCUT2D eigenvalue weighted by atomic mass is 10.0. The molecular weight excluding hydrogens is 1040 g/mol. The molecular formula is C74H141N2O6P. The van der Waals surface area contributed by atoms with Crippen molar-refractivity contribution in [3.05, 3.63) is 60.8 Å². The summed E-state index contributed by atoms with van der Waals surface area (Å²) in [5.74, 6) is -0.191. The number of rotatable bonds is 67. The van der Waals surface area contributed by atoms with Crippen molar-refractivity contribution in [1.29, 1.82) is 0 Å². The van der Waals surface area contributed by atoms with Crippen LogP contribution in [0.3, 0.4) is 0 Å². The third-order valence-corrected chi connectivity index (χ3v) is 17.4. The minimum absolute atomic E-state index is 0.0000763. The molecule has 2 N–H and O–H groups in total. The van der Waals surface area contributed by atoms with Crippen LogP contribution in [0.5, 0.6) is 0 Å². The fourth-order valence-electron chi connectivity index (χ4n) is 10.9. The van der Waals surface area contributed by atoms with Crippen molar-refractivity contribution in [2.75, 3.05) is 40.9 Å². The maximum Gasteiger partial charge on any atom is 0.268 e. The van der Waals surface area contributed by atoms with Crippen LogP contribution >= 0.6 is 7.82 Å². The average molecular weight is 1190 g/mol. The van der Waals surface area contributed by atoms with E-state index in [1.165, 1.54) is 270 Å². The molecule has 3 unspecified atom stereocenters. The molecule has 0 saturated heterocycles. The number of carbonyl (C=O) groups excluding carboxylic acids is 1. The second-order valence-electron chi connectivity index (χ2n) is 25.9. The molecule has 0 bridgehead atoms. The first kappa shape index (κ1) is 81.2. The van der Waals surface area contributed by atoms with E-state index < -0.39 is 20.0 Å². The number of aliphatic hydroxyl groups is 1. The van der Waals surface area contributed by atoms with Gasteiger partial charge < -0.3 is 28.8 Å². The second-order valence-corrected chi connectivity index (χ2v) is 27.3. The lowest BCUT2D eigenvalue weighted by molar-refractivity contribution is -0.870. The lowest BCUT2D eigenvalue weighted by Gasteiger charge is -2.29. The molecule has 0 aromatic carbocycles. The average Bonchev–Trinajstić information content (AvgIpc) is 3.49. The summed E-state index contributed by atoms with van der Waals surface area (Å²) in [6.45, 7) is 4.59. The molecule has 0 radical (unpaired) electrons. The molecule has 83 heavy (non-hydrogen) atoms. The van der Waals surface area contributed by atoms with Crippen molar-refractivity contribution in [2.45, 2.75) is 366 Å². The van der Waals surface area contributed by atoms with Crippen LogP contribution in [0.4, 0.5) is 0 Å². The van der Waals surface area contributed by atoms with Gasteiger partial charge in [-0.25, -0.2) is 0 Å². The van der Waals surface area contributed by atoms with Gasteiger partial charge in [0.25, 0.3) is 7.82 Å². The summed E-state index contributed by atoms with van der Waals surface area (Å²) in [6, 6.07) is -0.888. The number of nitrogens with one attached hydrogen (secondary N) is 1. The summed E-state index contributed by atoms with van der Waals surface area (Å²) >= 11 is 0. The zero-order valence-electron chi connectivity index (χ0n) is 55.9. The molecule has 0 aliphatic heterocycles. The predicted octanol–water partition coefficient (Wildman–Crippen LogP) is 22.5. The van der Waals surface area contributed by atoms with Crippen LogP contribution in [0.15, 0.2) is 60.8 Å². The van der Waals surface area contributed by atoms with Crippen molar-refractivity contribution in [3.63, 3.8) is 0 Å². The highest BCUT2D eigenvalue weighted by Crippen LogP contribution is 2.38. The number of unbranched alkanes of at least 4 members (excludes halogenated alkanes) is 46. The van der Waals surface area contributed by atoms with E-state index in [1.54, 1.807) is 6.08 Å². The van der Waals surface area contributed by atoms with Crippen LogP contribution < -0.4 is 10.2 Å². The molecule has 0 rings (SSSR count). The zero-order valence-corrected chi connectivity index (χ0v) is 56.8. The van der Waals surface area contributed by atoms with E-state index in [4.69, 9.17) is 9.05 Å². The van der Waals surface area contributed by atoms with Crippen LogP contribution in [-0.2, 0) is 18.4 Å². The van der Waals surface area contributed by atoms with Crippen LogP contribution in [0, 0.1) is 0 Å². The number of hydrogen-bond acceptors (Lipinski definition) is 6. The molecule has 3 atom stereocenters. The summed E-state index contributed by atoms with van der Waals surface area (Å²) in [4.78, 5) is 25.7. The van der Waals surface area contributed by atoms with Crippen LogP contribution in [0.25, 0.3) is 0 Å². The quantitative estimate of drug-likeness (QED) is 0.0272. The normalized spacial score (nSPS) is 14.0. The Bertz CT molecular complexity index is 1540. The molecule has 1 amide bonds. The van der Waals surface area contributed by atoms with E-state index in [2.05, 4.69) is 67.8 Å². The van der Waals surface area contributed by atoms with E-state index in [0.717, 1.165) is 64.2 Å². The highest BCUT2D eigenvalue weighted by atomic mass is 31.2. The fraction of sp³-hybridized carbons (Fsp3) is 0.851. The fourth-order valence-corrected chi connectivity index (χ4v) is 11.6. The van der Waals surface area contributed by atoms with Gasteiger partial charge in [0.15, 0.2) is 0 Å². The monoisotopic (exact) mass is 1190 g/mol. The summed E-state index contributed by atoms with van der Waals surface area (Å²) in [6.07, 6.45) is 89.2. The van der Waals surface area contributed by atoms with Crippen molar-refractivity contribution < 1.29 is 32.9 Å². The van der Waals surface area contributed by atoms with Crippen molar-refractivity contribution in [2.24, 2.45) is 0 Å². The molecule has 488 valence electrons. The van der Waals surface area contributed by atoms with Gasteiger partial charge >= 0.3 is 0 Å². The summed E-state index contributed by atoms with van der Waals surface area (Å²) < 4.78 is 23.5. The number of phosphoric ester groups is 1. The van der Waals surface area contributed by atoms with Gasteiger partial charge in [-0.15, -0.1) is 0 Å². The van der Waals surface area contributed by atoms with Gasteiger partial charge in [0, 0.05) is 6.42 Å². The second kappa shape index (κ2) is 64.7. The van der Waals surface area contributed by atoms with Gasteiger partial charge in [0.2, 0.25) is 5.91 Å². The third kappa shape index (κ3) is 67.6. The Morgan fingerprint density at radius 2 is 0.735 bits per heavy atom. The number of quaternary nitrogens is 1. The molecule has 0 aliphatic carbocycles. The summed E-state index contributed by atoms with van der Waals surface area (Å²) in [5, 5.41) is 14.0. The van der Waals surface area contributed by atoms with Crippen LogP contribution in [0.1, 0.15) is 354 Å². The highest BCUT2D eigenvalue weighted by molar-refractivity contribution is 7.45. The minimum Gasteiger partial charge on any atom is -0.756 e. The van der Waals surface area contributed by atoms with E-state index in [-0.39, 0.29) is 19.1 Å². The Morgan fingerprint density at radius 3 is 1.07 bits per heavy atom. The van der Waals surface area contributed by atoms with Crippen molar-refractivity contribution in [1.82, 2.24) is 5.32 Å². The molecule has 0 heterocycles. The largest absolute Gasteiger partial charge is 0.756 e. The van der Waals surface area contributed by atoms with Gasteiger partial charge in [-0.2, -0.15) is 0 Å². The van der Waals surface area contributed by atoms with Gasteiger partial charge in [0.05, 0.1) is 39.9 Å². The standard InChI is InChI=1S/C74H141N2O6P/c1-6-8-10-12-14-16-18-20-22-24-26-28-30-32-34-36-37-38-39-40-42-44-46-48-50-52-54-56-58-60-62-64-66-68-74(78)75-72(71-82-83(79,80)81-70-69-76(3,4)5)73(77)67-65-63-61-59-57-55-53-51-49-47-45-43-41-35-33-31-29-27-25-23-21-19-17-15-13-11-9-7-2/h8,10,14,16,20,22,26,28,65,67,72-73,77H,6-7,9,11-13,15,17-19,21,23-25,27,29-64,66,68-71H2,1-5H3,(H-,75,78,79,80)/b10-8-,16-14-,22-20-,28-26-,67-65+. The Labute approximate surface area is 517 Å². The molecule has 0 fully saturated rings. The maximum atomic E-state index is 13.1. The number of amides is 1. The van der Waals surface area contributed by atoms with Gasteiger partial charge in [-0.1, -0.05) is 351 Å². The third-order valence-electron chi connectivity index (χ3n) is 16.5. The number of nitrogens with zero attached hydrogens (tertiary/aromatic N) is 1. The van der Waals surface area contributed by atoms with E-state index >= 15 is 0 Å². The van der Waals surface area contributed by atoms with E-state index in [0.29, 0.717) is 17.4 Å². The number of phosphoric acid groups is 1. The highest BCUT2D eigenvalue weighted by Gasteiger charge is 2.23. The molecule has 8 nitrogen and oxygen atoms in total. The molecule has 0 saturated carbocycles. The number of carbonyl (C=O) groups is 1. The lowest BCUT2D eigenvalue weighted by Crippen LogP contribution is -2.45. The van der Waals surface area contributed by atoms with Crippen molar-refractivity contribution in [3.8, 4) is 0 Å². The Morgan fingerprint density at radius 1 is 0.434 bits per heavy atom. The zero-order chi connectivity index (χ0) is 60.5. The molecule has 0 aromatic heterocycles. The first-order chi connectivity index (χ1) is 40.5. The van der Waals surface area contributed by atoms with Gasteiger partial charge in [-0.05, 0) is 57.8 Å². The molecule has 9 heteroatoms. The number of likely N-dealkylation sites (N-methyl/N-ethyl adjacent to an activating group) is 1. The molecule has 0 aliphatic rings. The number of allylic oxidation sites excluding steroid dienone is 9. The maximum absolute atomic E-state index is 13.1. The topological polar surface area (TPSA) is 108 Å². The Balaban J connectivity index is 4.02. The number of hydrogen-bond donors (Lipinski definition) is 2. The Hall–Kier alpha value is -1.80.